The molecule has 1 N–H and O–H groups in total. The molecular weight excluding hydrogens is 238 g/mol. The van der Waals surface area contributed by atoms with Crippen molar-refractivity contribution in [2.45, 2.75) is 13.3 Å². The molecule has 0 aliphatic heterocycles. The lowest BCUT2D eigenvalue weighted by Crippen LogP contribution is -2.13. The van der Waals surface area contributed by atoms with Crippen molar-refractivity contribution in [2.24, 2.45) is 7.05 Å². The molecular formula is C15H15N3O. The lowest BCUT2D eigenvalue weighted by molar-refractivity contribution is 0.102. The maximum Gasteiger partial charge on any atom is 0.259 e. The highest BCUT2D eigenvalue weighted by molar-refractivity contribution is 6.05. The monoisotopic (exact) mass is 253 g/mol. The molecule has 1 aromatic heterocycles. The molecule has 1 aromatic carbocycles. The van der Waals surface area contributed by atoms with E-state index in [0.717, 1.165) is 11.3 Å². The van der Waals surface area contributed by atoms with Crippen LogP contribution >= 0.6 is 0 Å². The Balaban J connectivity index is 2.23. The third-order valence-corrected chi connectivity index (χ3v) is 2.77. The van der Waals surface area contributed by atoms with Crippen molar-refractivity contribution in [1.29, 1.82) is 0 Å². The van der Waals surface area contributed by atoms with E-state index in [0.29, 0.717) is 17.7 Å². The van der Waals surface area contributed by atoms with Crippen molar-refractivity contribution >= 4 is 11.6 Å². The van der Waals surface area contributed by atoms with Crippen molar-refractivity contribution in [3.8, 4) is 12.3 Å². The largest absolute Gasteiger partial charge is 0.322 e. The summed E-state index contributed by atoms with van der Waals surface area (Å²) in [5.41, 5.74) is 2.80. The van der Waals surface area contributed by atoms with Gasteiger partial charge >= 0.3 is 0 Å². The van der Waals surface area contributed by atoms with E-state index >= 15 is 0 Å². The minimum Gasteiger partial charge on any atom is -0.322 e. The van der Waals surface area contributed by atoms with E-state index in [4.69, 9.17) is 6.42 Å². The Bertz CT molecular complexity index is 650. The van der Waals surface area contributed by atoms with Gasteiger partial charge in [0.25, 0.3) is 5.91 Å². The fourth-order valence-electron chi connectivity index (χ4n) is 1.87. The van der Waals surface area contributed by atoms with Crippen LogP contribution in [0.1, 0.15) is 28.5 Å². The highest BCUT2D eigenvalue weighted by atomic mass is 16.1. The molecule has 0 bridgehead atoms. The van der Waals surface area contributed by atoms with E-state index in [1.165, 1.54) is 0 Å². The molecule has 19 heavy (non-hydrogen) atoms. The number of aromatic nitrogens is 2. The topological polar surface area (TPSA) is 46.9 Å². The van der Waals surface area contributed by atoms with Crippen molar-refractivity contribution in [1.82, 2.24) is 9.78 Å². The quantitative estimate of drug-likeness (QED) is 0.852. The summed E-state index contributed by atoms with van der Waals surface area (Å²) in [6.07, 6.45) is 7.77. The highest BCUT2D eigenvalue weighted by Crippen LogP contribution is 2.13. The molecule has 96 valence electrons. The lowest BCUT2D eigenvalue weighted by Gasteiger charge is -2.05. The number of anilines is 1. The number of terminal acetylenes is 1. The van der Waals surface area contributed by atoms with E-state index in [9.17, 15) is 4.79 Å². The summed E-state index contributed by atoms with van der Waals surface area (Å²) in [5, 5.41) is 7.08. The first-order valence-corrected chi connectivity index (χ1v) is 6.04. The summed E-state index contributed by atoms with van der Waals surface area (Å²) in [4.78, 5) is 12.2. The van der Waals surface area contributed by atoms with Crippen LogP contribution in [0.3, 0.4) is 0 Å². The predicted octanol–water partition coefficient (Wildman–Crippen LogP) is 2.22. The number of hydrogen-bond acceptors (Lipinski definition) is 2. The van der Waals surface area contributed by atoms with Crippen LogP contribution in [0.15, 0.2) is 30.5 Å². The van der Waals surface area contributed by atoms with Gasteiger partial charge in [0.15, 0.2) is 0 Å². The number of hydrogen-bond donors (Lipinski definition) is 1. The Morgan fingerprint density at radius 3 is 3.00 bits per heavy atom. The first-order chi connectivity index (χ1) is 9.13. The van der Waals surface area contributed by atoms with E-state index < -0.39 is 0 Å². The summed E-state index contributed by atoms with van der Waals surface area (Å²) in [6.45, 7) is 1.97. The van der Waals surface area contributed by atoms with Crippen LogP contribution in [0.4, 0.5) is 5.69 Å². The Morgan fingerprint density at radius 1 is 1.53 bits per heavy atom. The molecule has 0 unspecified atom stereocenters. The maximum atomic E-state index is 12.2. The normalized spacial score (nSPS) is 9.95. The zero-order valence-electron chi connectivity index (χ0n) is 11.0. The van der Waals surface area contributed by atoms with Gasteiger partial charge in [0, 0.05) is 24.5 Å². The van der Waals surface area contributed by atoms with E-state index in [-0.39, 0.29) is 5.91 Å². The number of aryl methyl sites for hydroxylation is 2. The van der Waals surface area contributed by atoms with Crippen molar-refractivity contribution < 1.29 is 4.79 Å². The Kier molecular flexibility index (Phi) is 3.67. The van der Waals surface area contributed by atoms with Gasteiger partial charge in [-0.3, -0.25) is 9.48 Å². The number of carbonyl (C=O) groups excluding carboxylic acids is 1. The smallest absolute Gasteiger partial charge is 0.259 e. The summed E-state index contributed by atoms with van der Waals surface area (Å²) >= 11 is 0. The van der Waals surface area contributed by atoms with Gasteiger partial charge in [-0.15, -0.1) is 6.42 Å². The molecule has 4 nitrogen and oxygen atoms in total. The highest BCUT2D eigenvalue weighted by Gasteiger charge is 2.14. The fraction of sp³-hybridized carbons (Fsp3) is 0.200. The second-order valence-corrected chi connectivity index (χ2v) is 4.20. The zero-order valence-corrected chi connectivity index (χ0v) is 11.0. The van der Waals surface area contributed by atoms with E-state index in [1.54, 1.807) is 30.1 Å². The number of nitrogens with zero attached hydrogens (tertiary/aromatic N) is 2. The Labute approximate surface area is 112 Å². The molecule has 0 spiro atoms. The Morgan fingerprint density at radius 2 is 2.32 bits per heavy atom. The SMILES string of the molecule is C#Cc1cccc(NC(=O)c2cn(C)nc2CC)c1. The molecule has 0 atom stereocenters. The number of nitrogens with one attached hydrogen (secondary N) is 1. The van der Waals surface area contributed by atoms with Gasteiger partial charge in [-0.25, -0.2) is 0 Å². The van der Waals surface area contributed by atoms with Gasteiger partial charge < -0.3 is 5.32 Å². The second kappa shape index (κ2) is 5.40. The number of amides is 1. The predicted molar refractivity (Wildman–Crippen MR) is 74.9 cm³/mol. The molecule has 0 radical (unpaired) electrons. The molecule has 2 aromatic rings. The third kappa shape index (κ3) is 2.83. The van der Waals surface area contributed by atoms with E-state index in [1.807, 2.05) is 19.1 Å². The van der Waals surface area contributed by atoms with Gasteiger partial charge in [0.1, 0.15) is 0 Å². The Hall–Kier alpha value is -2.54. The van der Waals surface area contributed by atoms with Crippen LogP contribution in [-0.4, -0.2) is 15.7 Å². The van der Waals surface area contributed by atoms with Crippen molar-refractivity contribution in [2.75, 3.05) is 5.32 Å². The first kappa shape index (κ1) is 12.9. The van der Waals surface area contributed by atoms with Crippen LogP contribution in [0.2, 0.25) is 0 Å². The van der Waals surface area contributed by atoms with Gasteiger partial charge in [-0.05, 0) is 24.6 Å². The van der Waals surface area contributed by atoms with Gasteiger partial charge in [0.05, 0.1) is 11.3 Å². The van der Waals surface area contributed by atoms with Crippen LogP contribution < -0.4 is 5.32 Å². The zero-order chi connectivity index (χ0) is 13.8. The molecule has 4 heteroatoms. The standard InChI is InChI=1S/C15H15N3O/c1-4-11-7-6-8-12(9-11)16-15(19)13-10-18(3)17-14(13)5-2/h1,6-10H,5H2,2-3H3,(H,16,19). The van der Waals surface area contributed by atoms with Crippen molar-refractivity contribution in [3.63, 3.8) is 0 Å². The maximum absolute atomic E-state index is 12.2. The first-order valence-electron chi connectivity index (χ1n) is 6.04. The minimum absolute atomic E-state index is 0.167. The average Bonchev–Trinajstić information content (AvgIpc) is 2.80. The fourth-order valence-corrected chi connectivity index (χ4v) is 1.87. The van der Waals surface area contributed by atoms with Crippen LogP contribution in [-0.2, 0) is 13.5 Å². The molecule has 0 saturated carbocycles. The molecule has 0 saturated heterocycles. The third-order valence-electron chi connectivity index (χ3n) is 2.77. The molecule has 0 fully saturated rings. The van der Waals surface area contributed by atoms with Crippen molar-refractivity contribution in [3.05, 3.63) is 47.3 Å². The molecule has 0 aliphatic rings. The van der Waals surface area contributed by atoms with Gasteiger partial charge in [-0.1, -0.05) is 18.9 Å². The molecule has 2 rings (SSSR count). The molecule has 0 aliphatic carbocycles. The summed E-state index contributed by atoms with van der Waals surface area (Å²) in [7, 11) is 1.80. The average molecular weight is 253 g/mol. The van der Waals surface area contributed by atoms with Gasteiger partial charge in [0.2, 0.25) is 0 Å². The summed E-state index contributed by atoms with van der Waals surface area (Å²) < 4.78 is 1.64. The van der Waals surface area contributed by atoms with Crippen LogP contribution in [0, 0.1) is 12.3 Å². The number of carbonyl (C=O) groups is 1. The summed E-state index contributed by atoms with van der Waals surface area (Å²) in [6, 6.07) is 7.20. The van der Waals surface area contributed by atoms with E-state index in [2.05, 4.69) is 16.3 Å². The minimum atomic E-state index is -0.167. The van der Waals surface area contributed by atoms with Crippen LogP contribution in [0.25, 0.3) is 0 Å². The number of benzene rings is 1. The summed E-state index contributed by atoms with van der Waals surface area (Å²) in [5.74, 6) is 2.37. The molecule has 1 heterocycles. The molecule has 1 amide bonds. The lowest BCUT2D eigenvalue weighted by atomic mass is 10.1. The number of rotatable bonds is 3. The second-order valence-electron chi connectivity index (χ2n) is 4.20. The van der Waals surface area contributed by atoms with Crippen LogP contribution in [0.5, 0.6) is 0 Å². The van der Waals surface area contributed by atoms with Gasteiger partial charge in [-0.2, -0.15) is 5.10 Å².